The van der Waals surface area contributed by atoms with Gasteiger partial charge in [-0.2, -0.15) is 0 Å². The Morgan fingerprint density at radius 2 is 0.880 bits per heavy atom. The molecule has 0 bridgehead atoms. The van der Waals surface area contributed by atoms with Crippen LogP contribution in [0.1, 0.15) is 36.5 Å². The van der Waals surface area contributed by atoms with Gasteiger partial charge in [0.15, 0.2) is 0 Å². The Balaban J connectivity index is 1.66. The van der Waals surface area contributed by atoms with E-state index in [-0.39, 0.29) is 16.2 Å². The number of hydrogen-bond donors (Lipinski definition) is 0. The molecule has 0 saturated heterocycles. The standard InChI is InChI=1S/C25H22/c1-22-17-23(19-11-5-2-6-12-19)24(18-22,20-13-7-3-8-14-20)25(22,23)21-15-9-4-10-16-21/h2-16H,17-18H2,1H3. The maximum absolute atomic E-state index is 2.52. The molecular weight excluding hydrogens is 300 g/mol. The highest BCUT2D eigenvalue weighted by atomic mass is 15.1. The Bertz CT molecular complexity index is 901. The molecule has 0 heteroatoms. The van der Waals surface area contributed by atoms with Crippen LogP contribution in [0.4, 0.5) is 0 Å². The Morgan fingerprint density at radius 3 is 1.24 bits per heavy atom. The van der Waals surface area contributed by atoms with Crippen LogP contribution < -0.4 is 0 Å². The molecule has 0 N–H and O–H groups in total. The summed E-state index contributed by atoms with van der Waals surface area (Å²) in [5, 5.41) is 0. The topological polar surface area (TPSA) is 0 Å². The van der Waals surface area contributed by atoms with Gasteiger partial charge in [-0.25, -0.2) is 0 Å². The van der Waals surface area contributed by atoms with Crippen molar-refractivity contribution >= 4 is 0 Å². The van der Waals surface area contributed by atoms with E-state index in [1.165, 1.54) is 24.0 Å². The van der Waals surface area contributed by atoms with Gasteiger partial charge < -0.3 is 0 Å². The molecule has 3 aliphatic rings. The lowest BCUT2D eigenvalue weighted by atomic mass is 9.45. The SMILES string of the molecule is CC12CC3(c4ccccc4)C(c4ccccc4)(C1)C23c1ccccc1. The Morgan fingerprint density at radius 1 is 0.520 bits per heavy atom. The fourth-order valence-electron chi connectivity index (χ4n) is 7.68. The Kier molecular flexibility index (Phi) is 2.26. The van der Waals surface area contributed by atoms with Crippen LogP contribution in [0.25, 0.3) is 0 Å². The molecule has 0 spiro atoms. The molecule has 3 saturated carbocycles. The van der Waals surface area contributed by atoms with Crippen LogP contribution in [0.5, 0.6) is 0 Å². The van der Waals surface area contributed by atoms with Gasteiger partial charge in [-0.3, -0.25) is 0 Å². The predicted octanol–water partition coefficient (Wildman–Crippen LogP) is 5.63. The molecule has 3 aliphatic carbocycles. The normalized spacial score (nSPS) is 39.7. The first-order chi connectivity index (χ1) is 12.2. The molecule has 122 valence electrons. The van der Waals surface area contributed by atoms with Crippen molar-refractivity contribution in [1.82, 2.24) is 0 Å². The zero-order chi connectivity index (χ0) is 16.8. The summed E-state index contributed by atoms with van der Waals surface area (Å²) in [5.74, 6) is 0. The van der Waals surface area contributed by atoms with E-state index in [4.69, 9.17) is 0 Å². The molecule has 0 amide bonds. The monoisotopic (exact) mass is 322 g/mol. The summed E-state index contributed by atoms with van der Waals surface area (Å²) in [7, 11) is 0. The van der Waals surface area contributed by atoms with Gasteiger partial charge in [-0.15, -0.1) is 0 Å². The van der Waals surface area contributed by atoms with Gasteiger partial charge in [-0.1, -0.05) is 97.9 Å². The molecular formula is C25H22. The molecule has 2 unspecified atom stereocenters. The summed E-state index contributed by atoms with van der Waals surface area (Å²) in [6, 6.07) is 34.0. The van der Waals surface area contributed by atoms with Crippen LogP contribution in [0, 0.1) is 5.41 Å². The lowest BCUT2D eigenvalue weighted by Crippen LogP contribution is -2.55. The molecule has 6 rings (SSSR count). The molecule has 0 radical (unpaired) electrons. The lowest BCUT2D eigenvalue weighted by Gasteiger charge is -2.57. The minimum Gasteiger partial charge on any atom is -0.0622 e. The summed E-state index contributed by atoms with van der Waals surface area (Å²) >= 11 is 0. The van der Waals surface area contributed by atoms with Crippen LogP contribution in [-0.2, 0) is 16.2 Å². The van der Waals surface area contributed by atoms with Gasteiger partial charge in [0, 0.05) is 16.2 Å². The summed E-state index contributed by atoms with van der Waals surface area (Å²) in [4.78, 5) is 0. The first-order valence-electron chi connectivity index (χ1n) is 9.40. The first kappa shape index (κ1) is 13.9. The quantitative estimate of drug-likeness (QED) is 0.586. The molecule has 3 fully saturated rings. The fraction of sp³-hybridized carbons (Fsp3) is 0.280. The Hall–Kier alpha value is -2.34. The van der Waals surface area contributed by atoms with Crippen LogP contribution in [-0.4, -0.2) is 0 Å². The van der Waals surface area contributed by atoms with Gasteiger partial charge in [-0.05, 0) is 34.9 Å². The van der Waals surface area contributed by atoms with Gasteiger partial charge >= 0.3 is 0 Å². The van der Waals surface area contributed by atoms with E-state index in [9.17, 15) is 0 Å². The van der Waals surface area contributed by atoms with Crippen LogP contribution in [0.3, 0.4) is 0 Å². The van der Waals surface area contributed by atoms with Crippen LogP contribution in [0.15, 0.2) is 91.0 Å². The first-order valence-corrected chi connectivity index (χ1v) is 9.40. The van der Waals surface area contributed by atoms with Crippen LogP contribution in [0.2, 0.25) is 0 Å². The van der Waals surface area contributed by atoms with Crippen molar-refractivity contribution in [2.24, 2.45) is 5.41 Å². The molecule has 3 aromatic carbocycles. The number of hydrogen-bond acceptors (Lipinski definition) is 0. The smallest absolute Gasteiger partial charge is 0.0219 e. The highest BCUT2D eigenvalue weighted by molar-refractivity contribution is 5.78. The molecule has 0 heterocycles. The van der Waals surface area contributed by atoms with Crippen LogP contribution >= 0.6 is 0 Å². The van der Waals surface area contributed by atoms with Crippen molar-refractivity contribution in [3.63, 3.8) is 0 Å². The van der Waals surface area contributed by atoms with Crippen molar-refractivity contribution in [3.05, 3.63) is 108 Å². The van der Waals surface area contributed by atoms with E-state index < -0.39 is 0 Å². The van der Waals surface area contributed by atoms with Gasteiger partial charge in [0.2, 0.25) is 0 Å². The zero-order valence-electron chi connectivity index (χ0n) is 14.6. The third-order valence-electron chi connectivity index (χ3n) is 7.90. The van der Waals surface area contributed by atoms with E-state index in [2.05, 4.69) is 97.9 Å². The van der Waals surface area contributed by atoms with Crippen molar-refractivity contribution < 1.29 is 0 Å². The predicted molar refractivity (Wildman–Crippen MR) is 102 cm³/mol. The van der Waals surface area contributed by atoms with Gasteiger partial charge in [0.1, 0.15) is 0 Å². The second-order valence-corrected chi connectivity index (χ2v) is 8.57. The molecule has 2 atom stereocenters. The Labute approximate surface area is 149 Å². The van der Waals surface area contributed by atoms with E-state index in [0.29, 0.717) is 5.41 Å². The molecule has 0 aromatic heterocycles. The minimum atomic E-state index is 0.275. The van der Waals surface area contributed by atoms with E-state index >= 15 is 0 Å². The third kappa shape index (κ3) is 1.14. The number of fused-ring (bicyclic) bond motifs is 1. The van der Waals surface area contributed by atoms with Gasteiger partial charge in [0.05, 0.1) is 0 Å². The average molecular weight is 322 g/mol. The summed E-state index contributed by atoms with van der Waals surface area (Å²) in [6.07, 6.45) is 2.63. The average Bonchev–Trinajstić information content (AvgIpc) is 2.86. The van der Waals surface area contributed by atoms with Gasteiger partial charge in [0.25, 0.3) is 0 Å². The molecule has 25 heavy (non-hydrogen) atoms. The zero-order valence-corrected chi connectivity index (χ0v) is 14.6. The molecule has 3 aromatic rings. The van der Waals surface area contributed by atoms with E-state index in [0.717, 1.165) is 0 Å². The van der Waals surface area contributed by atoms with E-state index in [1.54, 1.807) is 5.56 Å². The maximum atomic E-state index is 2.52. The summed E-state index contributed by atoms with van der Waals surface area (Å²) in [6.45, 7) is 2.52. The van der Waals surface area contributed by atoms with Crippen molar-refractivity contribution in [1.29, 1.82) is 0 Å². The second kappa shape index (κ2) is 4.07. The number of rotatable bonds is 3. The largest absolute Gasteiger partial charge is 0.0622 e. The summed E-state index contributed by atoms with van der Waals surface area (Å²) < 4.78 is 0. The summed E-state index contributed by atoms with van der Waals surface area (Å²) in [5.41, 5.74) is 5.88. The number of benzene rings is 3. The lowest BCUT2D eigenvalue weighted by molar-refractivity contribution is 0.0232. The fourth-order valence-corrected chi connectivity index (χ4v) is 7.68. The highest BCUT2D eigenvalue weighted by Gasteiger charge is 3.06. The van der Waals surface area contributed by atoms with Crippen molar-refractivity contribution in [3.8, 4) is 0 Å². The third-order valence-corrected chi connectivity index (χ3v) is 7.90. The van der Waals surface area contributed by atoms with E-state index in [1.807, 2.05) is 0 Å². The van der Waals surface area contributed by atoms with Crippen molar-refractivity contribution in [2.75, 3.05) is 0 Å². The molecule has 0 aliphatic heterocycles. The van der Waals surface area contributed by atoms with Crippen molar-refractivity contribution in [2.45, 2.75) is 36.0 Å². The maximum Gasteiger partial charge on any atom is 0.0219 e. The second-order valence-electron chi connectivity index (χ2n) is 8.57. The molecule has 0 nitrogen and oxygen atoms in total. The highest BCUT2D eigenvalue weighted by Crippen LogP contribution is 3.04. The minimum absolute atomic E-state index is 0.275.